The van der Waals surface area contributed by atoms with Crippen LogP contribution in [0.25, 0.3) is 0 Å². The first-order valence-corrected chi connectivity index (χ1v) is 6.34. The van der Waals surface area contributed by atoms with Crippen molar-refractivity contribution in [3.05, 3.63) is 0 Å². The van der Waals surface area contributed by atoms with Gasteiger partial charge in [-0.3, -0.25) is 0 Å². The molecule has 0 aromatic heterocycles. The maximum atomic E-state index is 5.40. The average molecular weight is 208 g/mol. The van der Waals surface area contributed by atoms with Crippen LogP contribution < -0.4 is 0 Å². The predicted octanol–water partition coefficient (Wildman–Crippen LogP) is 1.29. The molecule has 5 heteroatoms. The lowest BCUT2D eigenvalue weighted by Crippen LogP contribution is -2.45. The molecule has 0 radical (unpaired) electrons. The first kappa shape index (κ1) is 13.1. The molecule has 1 unspecified atom stereocenters. The van der Waals surface area contributed by atoms with Crippen molar-refractivity contribution in [3.8, 4) is 0 Å². The molecule has 0 bridgehead atoms. The minimum absolute atomic E-state index is 0.108. The van der Waals surface area contributed by atoms with Crippen molar-refractivity contribution >= 4 is 8.80 Å². The fraction of sp³-hybridized carbons (Fsp3) is 1.00. The summed E-state index contributed by atoms with van der Waals surface area (Å²) in [6, 6.07) is 0.685. The predicted molar refractivity (Wildman–Crippen MR) is 52.7 cm³/mol. The van der Waals surface area contributed by atoms with Crippen molar-refractivity contribution in [1.29, 1.82) is 0 Å². The topological polar surface area (TPSA) is 36.9 Å². The van der Waals surface area contributed by atoms with Crippen LogP contribution in [0.15, 0.2) is 0 Å². The lowest BCUT2D eigenvalue weighted by atomic mass is 10.5. The summed E-state index contributed by atoms with van der Waals surface area (Å²) in [5.41, 5.74) is 0. The molecule has 0 saturated heterocycles. The molecule has 1 atom stereocenters. The van der Waals surface area contributed by atoms with Gasteiger partial charge in [-0.1, -0.05) is 0 Å². The molecule has 80 valence electrons. The molecule has 0 saturated carbocycles. The van der Waals surface area contributed by atoms with Crippen molar-refractivity contribution in [2.45, 2.75) is 26.0 Å². The number of ether oxygens (including phenoxy) is 1. The van der Waals surface area contributed by atoms with E-state index in [1.165, 1.54) is 0 Å². The standard InChI is InChI=1S/C8H20O4Si/c1-6-12-8(2)7-13(9-3,10-4)11-5/h8H,6-7H2,1-5H3. The second-order valence-electron chi connectivity index (χ2n) is 2.77. The number of hydrogen-bond donors (Lipinski definition) is 0. The molecule has 0 rings (SSSR count). The maximum Gasteiger partial charge on any atom is 0.502 e. The van der Waals surface area contributed by atoms with Crippen LogP contribution in [0.4, 0.5) is 0 Å². The largest absolute Gasteiger partial charge is 0.502 e. The van der Waals surface area contributed by atoms with Gasteiger partial charge in [0, 0.05) is 34.0 Å². The normalized spacial score (nSPS) is 14.5. The van der Waals surface area contributed by atoms with Crippen LogP contribution in [-0.2, 0) is 18.0 Å². The van der Waals surface area contributed by atoms with E-state index < -0.39 is 8.80 Å². The van der Waals surface area contributed by atoms with Gasteiger partial charge in [0.05, 0.1) is 6.10 Å². The Balaban J connectivity index is 4.07. The molecule has 4 nitrogen and oxygen atoms in total. The van der Waals surface area contributed by atoms with Gasteiger partial charge in [0.25, 0.3) is 0 Å². The SMILES string of the molecule is CCOC(C)C[Si](OC)(OC)OC. The molecule has 0 aliphatic carbocycles. The van der Waals surface area contributed by atoms with Crippen LogP contribution in [0.3, 0.4) is 0 Å². The molecular weight excluding hydrogens is 188 g/mol. The molecule has 0 N–H and O–H groups in total. The number of rotatable bonds is 7. The Kier molecular flexibility index (Phi) is 6.53. The fourth-order valence-electron chi connectivity index (χ4n) is 1.20. The monoisotopic (exact) mass is 208 g/mol. The molecular formula is C8H20O4Si. The van der Waals surface area contributed by atoms with Gasteiger partial charge in [-0.2, -0.15) is 0 Å². The molecule has 0 aliphatic heterocycles. The molecule has 0 heterocycles. The van der Waals surface area contributed by atoms with E-state index in [0.717, 1.165) is 0 Å². The van der Waals surface area contributed by atoms with Gasteiger partial charge in [0.15, 0.2) is 0 Å². The Bertz CT molecular complexity index is 119. The van der Waals surface area contributed by atoms with Crippen molar-refractivity contribution in [1.82, 2.24) is 0 Å². The maximum absolute atomic E-state index is 5.40. The quantitative estimate of drug-likeness (QED) is 0.591. The molecule has 0 spiro atoms. The van der Waals surface area contributed by atoms with Crippen molar-refractivity contribution in [2.75, 3.05) is 27.9 Å². The van der Waals surface area contributed by atoms with Crippen LogP contribution in [-0.4, -0.2) is 42.8 Å². The average Bonchev–Trinajstić information content (AvgIpc) is 2.15. The third kappa shape index (κ3) is 4.19. The smallest absolute Gasteiger partial charge is 0.379 e. The highest BCUT2D eigenvalue weighted by molar-refractivity contribution is 6.60. The first-order chi connectivity index (χ1) is 6.14. The molecule has 0 fully saturated rings. The van der Waals surface area contributed by atoms with Crippen LogP contribution in [0, 0.1) is 0 Å². The molecule has 0 aliphatic rings. The second kappa shape index (κ2) is 6.50. The molecule has 0 aromatic rings. The third-order valence-electron chi connectivity index (χ3n) is 1.92. The summed E-state index contributed by atoms with van der Waals surface area (Å²) in [6.07, 6.45) is 0.108. The van der Waals surface area contributed by atoms with Crippen LogP contribution in [0.5, 0.6) is 0 Å². The summed E-state index contributed by atoms with van der Waals surface area (Å²) in [5.74, 6) is 0. The van der Waals surface area contributed by atoms with Crippen molar-refractivity contribution in [3.63, 3.8) is 0 Å². The van der Waals surface area contributed by atoms with Crippen molar-refractivity contribution < 1.29 is 18.0 Å². The van der Waals surface area contributed by atoms with E-state index in [1.807, 2.05) is 13.8 Å². The van der Waals surface area contributed by atoms with Gasteiger partial charge in [-0.05, 0) is 13.8 Å². The zero-order valence-electron chi connectivity index (χ0n) is 9.12. The summed E-state index contributed by atoms with van der Waals surface area (Å²) >= 11 is 0. The van der Waals surface area contributed by atoms with E-state index in [-0.39, 0.29) is 6.10 Å². The highest BCUT2D eigenvalue weighted by Gasteiger charge is 2.39. The van der Waals surface area contributed by atoms with Gasteiger partial charge in [-0.25, -0.2) is 0 Å². The van der Waals surface area contributed by atoms with Gasteiger partial charge in [-0.15, -0.1) is 0 Å². The minimum atomic E-state index is -2.44. The number of hydrogen-bond acceptors (Lipinski definition) is 4. The fourth-order valence-corrected chi connectivity index (χ4v) is 3.02. The Hall–Kier alpha value is 0.0569. The Morgan fingerprint density at radius 3 is 1.85 bits per heavy atom. The van der Waals surface area contributed by atoms with Crippen molar-refractivity contribution in [2.24, 2.45) is 0 Å². The third-order valence-corrected chi connectivity index (χ3v) is 4.86. The van der Waals surface area contributed by atoms with Crippen LogP contribution in [0.2, 0.25) is 6.04 Å². The van der Waals surface area contributed by atoms with Gasteiger partial charge in [0.2, 0.25) is 0 Å². The highest BCUT2D eigenvalue weighted by atomic mass is 28.4. The first-order valence-electron chi connectivity index (χ1n) is 4.41. The van der Waals surface area contributed by atoms with E-state index >= 15 is 0 Å². The molecule has 13 heavy (non-hydrogen) atoms. The summed E-state index contributed by atoms with van der Waals surface area (Å²) in [4.78, 5) is 0. The minimum Gasteiger partial charge on any atom is -0.379 e. The summed E-state index contributed by atoms with van der Waals surface area (Å²) in [5, 5.41) is 0. The summed E-state index contributed by atoms with van der Waals surface area (Å²) in [6.45, 7) is 4.65. The van der Waals surface area contributed by atoms with E-state index in [9.17, 15) is 0 Å². The second-order valence-corrected chi connectivity index (χ2v) is 5.76. The van der Waals surface area contributed by atoms with Gasteiger partial charge < -0.3 is 18.0 Å². The summed E-state index contributed by atoms with van der Waals surface area (Å²) in [7, 11) is 2.38. The zero-order chi connectivity index (χ0) is 10.3. The lowest BCUT2D eigenvalue weighted by molar-refractivity contribution is 0.0586. The summed E-state index contributed by atoms with van der Waals surface area (Å²) < 4.78 is 21.2. The van der Waals surface area contributed by atoms with Crippen LogP contribution >= 0.6 is 0 Å². The lowest BCUT2D eigenvalue weighted by Gasteiger charge is -2.26. The van der Waals surface area contributed by atoms with E-state index in [1.54, 1.807) is 21.3 Å². The van der Waals surface area contributed by atoms with E-state index in [2.05, 4.69) is 0 Å². The highest BCUT2D eigenvalue weighted by Crippen LogP contribution is 2.16. The van der Waals surface area contributed by atoms with E-state index in [0.29, 0.717) is 12.7 Å². The molecule has 0 aromatic carbocycles. The molecule has 0 amide bonds. The van der Waals surface area contributed by atoms with E-state index in [4.69, 9.17) is 18.0 Å². The Morgan fingerprint density at radius 1 is 1.08 bits per heavy atom. The Labute approximate surface area is 81.5 Å². The van der Waals surface area contributed by atoms with Crippen LogP contribution in [0.1, 0.15) is 13.8 Å². The Morgan fingerprint density at radius 2 is 1.54 bits per heavy atom. The zero-order valence-corrected chi connectivity index (χ0v) is 10.1. The van der Waals surface area contributed by atoms with Gasteiger partial charge in [0.1, 0.15) is 0 Å². The van der Waals surface area contributed by atoms with Gasteiger partial charge >= 0.3 is 8.80 Å².